The number of Topliss-reactive ketones (excluding diaryl/α,β-unsaturated/α-hetero) is 1. The van der Waals surface area contributed by atoms with Crippen LogP contribution in [0.15, 0.2) is 84.0 Å². The normalized spacial score (nSPS) is 11.5. The summed E-state index contributed by atoms with van der Waals surface area (Å²) in [6, 6.07) is 20.5. The average Bonchev–Trinajstić information content (AvgIpc) is 3.21. The molecule has 9 heteroatoms. The van der Waals surface area contributed by atoms with Gasteiger partial charge in [0.05, 0.1) is 17.0 Å². The second-order valence-electron chi connectivity index (χ2n) is 6.74. The van der Waals surface area contributed by atoms with Crippen molar-refractivity contribution in [2.75, 3.05) is 5.75 Å². The van der Waals surface area contributed by atoms with Crippen LogP contribution in [0.4, 0.5) is 13.2 Å². The number of halogens is 4. The van der Waals surface area contributed by atoms with Crippen LogP contribution in [0.25, 0.3) is 17.1 Å². The molecule has 4 rings (SSSR count). The van der Waals surface area contributed by atoms with Crippen molar-refractivity contribution in [3.8, 4) is 17.1 Å². The van der Waals surface area contributed by atoms with Gasteiger partial charge in [-0.05, 0) is 24.3 Å². The molecule has 0 aliphatic rings. The van der Waals surface area contributed by atoms with Crippen LogP contribution < -0.4 is 0 Å². The first-order valence-electron chi connectivity index (χ1n) is 9.43. The first kappa shape index (κ1) is 22.1. The summed E-state index contributed by atoms with van der Waals surface area (Å²) < 4.78 is 42.6. The van der Waals surface area contributed by atoms with Gasteiger partial charge in [0.25, 0.3) is 0 Å². The van der Waals surface area contributed by atoms with Crippen LogP contribution in [0.1, 0.15) is 15.9 Å². The van der Waals surface area contributed by atoms with Crippen molar-refractivity contribution in [1.29, 1.82) is 0 Å². The number of hydrogen-bond acceptors (Lipinski definition) is 4. The van der Waals surface area contributed by atoms with Crippen LogP contribution in [-0.4, -0.2) is 26.3 Å². The van der Waals surface area contributed by atoms with Gasteiger partial charge in [0, 0.05) is 16.1 Å². The van der Waals surface area contributed by atoms with Gasteiger partial charge in [-0.2, -0.15) is 13.2 Å². The fourth-order valence-electron chi connectivity index (χ4n) is 3.14. The molecule has 4 nitrogen and oxygen atoms in total. The molecule has 0 amide bonds. The molecule has 1 heterocycles. The molecule has 1 aromatic heterocycles. The SMILES string of the molecule is O=C(CSc1nnc(-c2cccc(Cl)c2)n1-c1ccccc1C(F)(F)F)c1ccccc1. The fraction of sp³-hybridized carbons (Fsp3) is 0.0870. The molecular weight excluding hydrogens is 459 g/mol. The van der Waals surface area contributed by atoms with Gasteiger partial charge < -0.3 is 0 Å². The highest BCUT2D eigenvalue weighted by atomic mass is 35.5. The average molecular weight is 474 g/mol. The number of para-hydroxylation sites is 1. The largest absolute Gasteiger partial charge is 0.418 e. The van der Waals surface area contributed by atoms with Gasteiger partial charge in [-0.1, -0.05) is 78.0 Å². The topological polar surface area (TPSA) is 47.8 Å². The predicted octanol–water partition coefficient (Wildman–Crippen LogP) is 6.58. The van der Waals surface area contributed by atoms with E-state index in [-0.39, 0.29) is 28.2 Å². The van der Waals surface area contributed by atoms with Crippen LogP contribution in [-0.2, 0) is 6.18 Å². The lowest BCUT2D eigenvalue weighted by Gasteiger charge is -2.16. The maximum absolute atomic E-state index is 13.8. The Morgan fingerprint density at radius 2 is 1.66 bits per heavy atom. The maximum atomic E-state index is 13.8. The molecule has 0 saturated heterocycles. The summed E-state index contributed by atoms with van der Waals surface area (Å²) in [6.45, 7) is 0. The van der Waals surface area contributed by atoms with Gasteiger partial charge in [0.15, 0.2) is 16.8 Å². The van der Waals surface area contributed by atoms with Gasteiger partial charge in [0.2, 0.25) is 0 Å². The van der Waals surface area contributed by atoms with Crippen LogP contribution in [0, 0.1) is 0 Å². The Balaban J connectivity index is 1.80. The van der Waals surface area contributed by atoms with E-state index in [1.807, 2.05) is 0 Å². The van der Waals surface area contributed by atoms with Crippen LogP contribution in [0.5, 0.6) is 0 Å². The smallest absolute Gasteiger partial charge is 0.293 e. The third-order valence-electron chi connectivity index (χ3n) is 4.59. The summed E-state index contributed by atoms with van der Waals surface area (Å²) in [4.78, 5) is 12.5. The summed E-state index contributed by atoms with van der Waals surface area (Å²) in [5.41, 5.74) is 0.0500. The van der Waals surface area contributed by atoms with Crippen LogP contribution in [0.3, 0.4) is 0 Å². The maximum Gasteiger partial charge on any atom is 0.418 e. The lowest BCUT2D eigenvalue weighted by atomic mass is 10.1. The molecule has 0 fully saturated rings. The zero-order valence-electron chi connectivity index (χ0n) is 16.4. The Kier molecular flexibility index (Phi) is 6.34. The minimum atomic E-state index is -4.59. The van der Waals surface area contributed by atoms with Gasteiger partial charge in [0.1, 0.15) is 0 Å². The number of nitrogens with zero attached hydrogens (tertiary/aromatic N) is 3. The lowest BCUT2D eigenvalue weighted by Crippen LogP contribution is -2.12. The van der Waals surface area contributed by atoms with Gasteiger partial charge in [-0.15, -0.1) is 10.2 Å². The molecule has 0 aliphatic heterocycles. The van der Waals surface area contributed by atoms with E-state index < -0.39 is 11.7 Å². The third-order valence-corrected chi connectivity index (χ3v) is 5.76. The highest BCUT2D eigenvalue weighted by Crippen LogP contribution is 2.37. The molecule has 32 heavy (non-hydrogen) atoms. The second kappa shape index (κ2) is 9.18. The molecular formula is C23H15ClF3N3OS. The zero-order chi connectivity index (χ0) is 22.7. The van der Waals surface area contributed by atoms with E-state index in [1.165, 1.54) is 22.8 Å². The Bertz CT molecular complexity index is 1260. The molecule has 0 saturated carbocycles. The van der Waals surface area contributed by atoms with Crippen molar-refractivity contribution in [2.24, 2.45) is 0 Å². The van der Waals surface area contributed by atoms with E-state index in [1.54, 1.807) is 54.6 Å². The van der Waals surface area contributed by atoms with Crippen LogP contribution in [0.2, 0.25) is 5.02 Å². The summed E-state index contributed by atoms with van der Waals surface area (Å²) in [5.74, 6) is 0.0173. The third kappa shape index (κ3) is 4.71. The summed E-state index contributed by atoms with van der Waals surface area (Å²) in [7, 11) is 0. The Morgan fingerprint density at radius 3 is 2.38 bits per heavy atom. The van der Waals surface area contributed by atoms with Gasteiger partial charge in [-0.25, -0.2) is 0 Å². The number of thioether (sulfide) groups is 1. The highest BCUT2D eigenvalue weighted by Gasteiger charge is 2.35. The standard InChI is InChI=1S/C23H15ClF3N3OS/c24-17-10-6-9-16(13-17)21-28-29-22(32-14-20(31)15-7-2-1-3-8-15)30(21)19-12-5-4-11-18(19)23(25,26)27/h1-13H,14H2. The van der Waals surface area contributed by atoms with Gasteiger partial charge in [-0.3, -0.25) is 9.36 Å². The first-order valence-corrected chi connectivity index (χ1v) is 10.8. The molecule has 3 aromatic carbocycles. The minimum Gasteiger partial charge on any atom is -0.293 e. The number of hydrogen-bond donors (Lipinski definition) is 0. The predicted molar refractivity (Wildman–Crippen MR) is 118 cm³/mol. The lowest BCUT2D eigenvalue weighted by molar-refractivity contribution is -0.137. The fourth-order valence-corrected chi connectivity index (χ4v) is 4.17. The Hall–Kier alpha value is -3.10. The number of benzene rings is 3. The number of ketones is 1. The molecule has 162 valence electrons. The number of rotatable bonds is 6. The number of carbonyl (C=O) groups excluding carboxylic acids is 1. The molecule has 0 spiro atoms. The van der Waals surface area contributed by atoms with Crippen molar-refractivity contribution in [2.45, 2.75) is 11.3 Å². The first-order chi connectivity index (χ1) is 15.3. The second-order valence-corrected chi connectivity index (χ2v) is 8.12. The minimum absolute atomic E-state index is 0.00806. The van der Waals surface area contributed by atoms with E-state index in [0.717, 1.165) is 17.8 Å². The van der Waals surface area contributed by atoms with Crippen molar-refractivity contribution >= 4 is 29.1 Å². The molecule has 0 unspecified atom stereocenters. The monoisotopic (exact) mass is 473 g/mol. The molecule has 0 bridgehead atoms. The molecule has 0 atom stereocenters. The molecule has 0 aliphatic carbocycles. The van der Waals surface area contributed by atoms with E-state index in [2.05, 4.69) is 10.2 Å². The van der Waals surface area contributed by atoms with Crippen molar-refractivity contribution < 1.29 is 18.0 Å². The summed E-state index contributed by atoms with van der Waals surface area (Å²) >= 11 is 7.11. The van der Waals surface area contributed by atoms with Crippen molar-refractivity contribution in [3.63, 3.8) is 0 Å². The Morgan fingerprint density at radius 1 is 0.938 bits per heavy atom. The zero-order valence-corrected chi connectivity index (χ0v) is 18.0. The van der Waals surface area contributed by atoms with Crippen molar-refractivity contribution in [3.05, 3.63) is 95.0 Å². The van der Waals surface area contributed by atoms with E-state index >= 15 is 0 Å². The Labute approximate surface area is 191 Å². The van der Waals surface area contributed by atoms with E-state index in [0.29, 0.717) is 16.1 Å². The van der Waals surface area contributed by atoms with Crippen molar-refractivity contribution in [1.82, 2.24) is 14.8 Å². The number of aromatic nitrogens is 3. The summed E-state index contributed by atoms with van der Waals surface area (Å²) in [6.07, 6.45) is -4.59. The summed E-state index contributed by atoms with van der Waals surface area (Å²) in [5, 5.41) is 8.81. The number of carbonyl (C=O) groups is 1. The van der Waals surface area contributed by atoms with E-state index in [9.17, 15) is 18.0 Å². The molecule has 0 N–H and O–H groups in total. The molecule has 4 aromatic rings. The number of alkyl halides is 3. The van der Waals surface area contributed by atoms with Crippen LogP contribution >= 0.6 is 23.4 Å². The van der Waals surface area contributed by atoms with E-state index in [4.69, 9.17) is 11.6 Å². The van der Waals surface area contributed by atoms with Gasteiger partial charge >= 0.3 is 6.18 Å². The highest BCUT2D eigenvalue weighted by molar-refractivity contribution is 7.99. The molecule has 0 radical (unpaired) electrons. The quantitative estimate of drug-likeness (QED) is 0.234.